The van der Waals surface area contributed by atoms with E-state index in [1.807, 2.05) is 18.4 Å². The lowest BCUT2D eigenvalue weighted by molar-refractivity contribution is 0.0985. The third-order valence-electron chi connectivity index (χ3n) is 3.93. The van der Waals surface area contributed by atoms with Gasteiger partial charge in [0.2, 0.25) is 0 Å². The van der Waals surface area contributed by atoms with Crippen LogP contribution in [0.4, 0.5) is 0 Å². The van der Waals surface area contributed by atoms with Crippen molar-refractivity contribution in [3.63, 3.8) is 0 Å². The molecule has 0 atom stereocenters. The van der Waals surface area contributed by atoms with Gasteiger partial charge in [-0.1, -0.05) is 17.4 Å². The van der Waals surface area contributed by atoms with E-state index in [0.717, 1.165) is 10.2 Å². The Balaban J connectivity index is 2.11. The quantitative estimate of drug-likeness (QED) is 0.704. The smallest absolute Gasteiger partial charge is 0.297 e. The fourth-order valence-electron chi connectivity index (χ4n) is 2.70. The number of aromatic nitrogens is 3. The molecule has 1 aromatic carbocycles. The van der Waals surface area contributed by atoms with Gasteiger partial charge in [-0.15, -0.1) is 0 Å². The van der Waals surface area contributed by atoms with Crippen LogP contribution in [0, 0.1) is 6.92 Å². The largest absolute Gasteiger partial charge is 0.383 e. The normalized spacial score (nSPS) is 12.4. The average Bonchev–Trinajstić information content (AvgIpc) is 3.17. The Morgan fingerprint density at radius 2 is 2.16 bits per heavy atom. The minimum atomic E-state index is -0.277. The van der Waals surface area contributed by atoms with Crippen LogP contribution < -0.4 is 4.80 Å². The average molecular weight is 358 g/mol. The number of amides is 1. The molecule has 0 spiro atoms. The standard InChI is InChI=1S/C18H22N4O2S/c1-12(2)22-15(7-8-19-22)17(23)20-18-21(9-10-24-4)14-6-5-13(3)11-16(14)25-18/h5-8,11-12H,9-10H2,1-4H3. The van der Waals surface area contributed by atoms with E-state index in [9.17, 15) is 4.79 Å². The van der Waals surface area contributed by atoms with Crippen molar-refractivity contribution in [1.29, 1.82) is 0 Å². The predicted molar refractivity (Wildman–Crippen MR) is 98.9 cm³/mol. The summed E-state index contributed by atoms with van der Waals surface area (Å²) in [6, 6.07) is 8.07. The third kappa shape index (κ3) is 3.57. The van der Waals surface area contributed by atoms with Crippen LogP contribution in [0.3, 0.4) is 0 Å². The number of methoxy groups -OCH3 is 1. The van der Waals surface area contributed by atoms with Crippen molar-refractivity contribution in [2.45, 2.75) is 33.4 Å². The zero-order chi connectivity index (χ0) is 18.0. The first-order valence-electron chi connectivity index (χ1n) is 8.22. The highest BCUT2D eigenvalue weighted by molar-refractivity contribution is 7.16. The molecule has 6 nitrogen and oxygen atoms in total. The van der Waals surface area contributed by atoms with E-state index in [1.54, 1.807) is 24.1 Å². The molecule has 0 fully saturated rings. The van der Waals surface area contributed by atoms with Crippen molar-refractivity contribution in [1.82, 2.24) is 14.3 Å². The first kappa shape index (κ1) is 17.6. The molecule has 7 heteroatoms. The first-order chi connectivity index (χ1) is 12.0. The van der Waals surface area contributed by atoms with Crippen molar-refractivity contribution < 1.29 is 9.53 Å². The van der Waals surface area contributed by atoms with Crippen molar-refractivity contribution in [2.75, 3.05) is 13.7 Å². The molecule has 0 radical (unpaired) electrons. The summed E-state index contributed by atoms with van der Waals surface area (Å²) in [5, 5.41) is 4.22. The Bertz CT molecular complexity index is 965. The van der Waals surface area contributed by atoms with Gasteiger partial charge < -0.3 is 9.30 Å². The second-order valence-electron chi connectivity index (χ2n) is 6.17. The van der Waals surface area contributed by atoms with Gasteiger partial charge in [0, 0.05) is 25.9 Å². The second-order valence-corrected chi connectivity index (χ2v) is 7.18. The zero-order valence-corrected chi connectivity index (χ0v) is 15.7. The van der Waals surface area contributed by atoms with Crippen LogP contribution in [0.2, 0.25) is 0 Å². The summed E-state index contributed by atoms with van der Waals surface area (Å²) in [6.07, 6.45) is 1.63. The highest BCUT2D eigenvalue weighted by atomic mass is 32.1. The number of carbonyl (C=O) groups is 1. The lowest BCUT2D eigenvalue weighted by atomic mass is 10.2. The molecule has 0 aliphatic rings. The molecule has 0 saturated heterocycles. The summed E-state index contributed by atoms with van der Waals surface area (Å²) in [6.45, 7) is 7.25. The van der Waals surface area contributed by atoms with Gasteiger partial charge in [-0.3, -0.25) is 9.48 Å². The van der Waals surface area contributed by atoms with Gasteiger partial charge in [0.25, 0.3) is 5.91 Å². The summed E-state index contributed by atoms with van der Waals surface area (Å²) in [7, 11) is 1.67. The van der Waals surface area contributed by atoms with Crippen LogP contribution in [0.15, 0.2) is 35.5 Å². The molecule has 0 bridgehead atoms. The first-order valence-corrected chi connectivity index (χ1v) is 9.04. The van der Waals surface area contributed by atoms with Crippen LogP contribution in [-0.4, -0.2) is 34.0 Å². The van der Waals surface area contributed by atoms with Crippen LogP contribution in [0.25, 0.3) is 10.2 Å². The summed E-state index contributed by atoms with van der Waals surface area (Å²) >= 11 is 1.52. The van der Waals surface area contributed by atoms with Gasteiger partial charge in [0.05, 0.1) is 16.8 Å². The van der Waals surface area contributed by atoms with E-state index in [1.165, 1.54) is 16.9 Å². The Hall–Kier alpha value is -2.25. The molecule has 132 valence electrons. The number of aryl methyl sites for hydroxylation is 1. The number of thiazole rings is 1. The highest BCUT2D eigenvalue weighted by Crippen LogP contribution is 2.19. The monoisotopic (exact) mass is 358 g/mol. The van der Waals surface area contributed by atoms with E-state index < -0.39 is 0 Å². The van der Waals surface area contributed by atoms with E-state index in [4.69, 9.17) is 4.74 Å². The Morgan fingerprint density at radius 3 is 2.88 bits per heavy atom. The van der Waals surface area contributed by atoms with Gasteiger partial charge in [-0.2, -0.15) is 10.1 Å². The molecule has 0 saturated carbocycles. The number of fused-ring (bicyclic) bond motifs is 1. The van der Waals surface area contributed by atoms with Gasteiger partial charge in [0.15, 0.2) is 4.80 Å². The summed E-state index contributed by atoms with van der Waals surface area (Å²) < 4.78 is 10.1. The maximum absolute atomic E-state index is 12.7. The number of hydrogen-bond acceptors (Lipinski definition) is 4. The van der Waals surface area contributed by atoms with Crippen LogP contribution in [0.1, 0.15) is 35.9 Å². The molecule has 3 aromatic rings. The molecule has 0 unspecified atom stereocenters. The van der Waals surface area contributed by atoms with E-state index in [0.29, 0.717) is 23.6 Å². The van der Waals surface area contributed by atoms with E-state index in [-0.39, 0.29) is 11.9 Å². The third-order valence-corrected chi connectivity index (χ3v) is 4.97. The molecular formula is C18H22N4O2S. The SMILES string of the molecule is COCCn1c(=NC(=O)c2ccnn2C(C)C)sc2cc(C)ccc21. The number of hydrogen-bond donors (Lipinski definition) is 0. The number of ether oxygens (including phenoxy) is 1. The van der Waals surface area contributed by atoms with Gasteiger partial charge in [0.1, 0.15) is 5.69 Å². The highest BCUT2D eigenvalue weighted by Gasteiger charge is 2.14. The molecule has 25 heavy (non-hydrogen) atoms. The van der Waals surface area contributed by atoms with Gasteiger partial charge >= 0.3 is 0 Å². The molecule has 2 heterocycles. The lowest BCUT2D eigenvalue weighted by Gasteiger charge is -2.08. The minimum Gasteiger partial charge on any atom is -0.383 e. The van der Waals surface area contributed by atoms with E-state index >= 15 is 0 Å². The van der Waals surface area contributed by atoms with Crippen LogP contribution in [0.5, 0.6) is 0 Å². The Kier molecular flexibility index (Phi) is 5.15. The van der Waals surface area contributed by atoms with Gasteiger partial charge in [-0.25, -0.2) is 0 Å². The topological polar surface area (TPSA) is 61.4 Å². The van der Waals surface area contributed by atoms with Crippen LogP contribution >= 0.6 is 11.3 Å². The maximum Gasteiger partial charge on any atom is 0.297 e. The zero-order valence-electron chi connectivity index (χ0n) is 14.9. The fraction of sp³-hybridized carbons (Fsp3) is 0.389. The number of benzene rings is 1. The number of nitrogens with zero attached hydrogens (tertiary/aromatic N) is 4. The van der Waals surface area contributed by atoms with Crippen molar-refractivity contribution in [2.24, 2.45) is 4.99 Å². The van der Waals surface area contributed by atoms with Gasteiger partial charge in [-0.05, 0) is 44.5 Å². The van der Waals surface area contributed by atoms with Crippen molar-refractivity contribution in [3.8, 4) is 0 Å². The summed E-state index contributed by atoms with van der Waals surface area (Å²) in [5.41, 5.74) is 2.75. The molecule has 3 rings (SSSR count). The lowest BCUT2D eigenvalue weighted by Crippen LogP contribution is -2.20. The molecule has 0 aliphatic heterocycles. The van der Waals surface area contributed by atoms with Crippen LogP contribution in [-0.2, 0) is 11.3 Å². The Morgan fingerprint density at radius 1 is 1.36 bits per heavy atom. The van der Waals surface area contributed by atoms with E-state index in [2.05, 4.69) is 35.2 Å². The molecule has 0 N–H and O–H groups in total. The fourth-order valence-corrected chi connectivity index (χ4v) is 3.86. The van der Waals surface area contributed by atoms with Crippen molar-refractivity contribution in [3.05, 3.63) is 46.5 Å². The molecule has 1 amide bonds. The summed E-state index contributed by atoms with van der Waals surface area (Å²) in [4.78, 5) is 17.8. The number of carbonyl (C=O) groups excluding carboxylic acids is 1. The molecule has 2 aromatic heterocycles. The minimum absolute atomic E-state index is 0.106. The molecular weight excluding hydrogens is 336 g/mol. The Labute approximate surface area is 150 Å². The summed E-state index contributed by atoms with van der Waals surface area (Å²) in [5.74, 6) is -0.277. The predicted octanol–water partition coefficient (Wildman–Crippen LogP) is 3.18. The molecule has 0 aliphatic carbocycles. The maximum atomic E-state index is 12.7. The second kappa shape index (κ2) is 7.33. The van der Waals surface area contributed by atoms with Crippen molar-refractivity contribution >= 4 is 27.5 Å². The number of rotatable bonds is 5.